The zero-order valence-electron chi connectivity index (χ0n) is 10.3. The van der Waals surface area contributed by atoms with Gasteiger partial charge >= 0.3 is 0 Å². The average molecular weight is 232 g/mol. The van der Waals surface area contributed by atoms with Crippen LogP contribution in [-0.4, -0.2) is 53.5 Å². The molecule has 0 unspecified atom stereocenters. The number of hydrogen-bond acceptors (Lipinski definition) is 3. The van der Waals surface area contributed by atoms with Crippen LogP contribution < -0.4 is 0 Å². The molecule has 5 heteroatoms. The highest BCUT2D eigenvalue weighted by molar-refractivity contribution is 5.93. The monoisotopic (exact) mass is 232 g/mol. The summed E-state index contributed by atoms with van der Waals surface area (Å²) >= 11 is 0. The van der Waals surface area contributed by atoms with Gasteiger partial charge in [0.2, 0.25) is 0 Å². The fourth-order valence-corrected chi connectivity index (χ4v) is 1.95. The quantitative estimate of drug-likeness (QED) is 0.736. The molecule has 0 aliphatic carbocycles. The molecular weight excluding hydrogens is 216 g/mol. The second kappa shape index (κ2) is 4.22. The van der Waals surface area contributed by atoms with Crippen molar-refractivity contribution in [2.45, 2.75) is 6.04 Å². The minimum Gasteiger partial charge on any atom is -0.345 e. The zero-order valence-corrected chi connectivity index (χ0v) is 10.3. The molecule has 1 aliphatic heterocycles. The third kappa shape index (κ3) is 2.04. The summed E-state index contributed by atoms with van der Waals surface area (Å²) in [4.78, 5) is 16.0. The first-order valence-electron chi connectivity index (χ1n) is 5.55. The lowest BCUT2D eigenvalue weighted by Crippen LogP contribution is -2.59. The van der Waals surface area contributed by atoms with E-state index < -0.39 is 0 Å². The summed E-state index contributed by atoms with van der Waals surface area (Å²) in [5.41, 5.74) is 1.11. The first-order chi connectivity index (χ1) is 8.02. The summed E-state index contributed by atoms with van der Waals surface area (Å²) in [5.74, 6) is 0.00657. The van der Waals surface area contributed by atoms with Crippen LogP contribution in [0.1, 0.15) is 16.1 Å². The molecule has 0 radical (unpaired) electrons. The average Bonchev–Trinajstić information content (AvgIpc) is 2.56. The Balaban J connectivity index is 2.07. The maximum Gasteiger partial charge on any atom is 0.270 e. The molecule has 0 spiro atoms. The largest absolute Gasteiger partial charge is 0.345 e. The van der Waals surface area contributed by atoms with Crippen LogP contribution in [0.3, 0.4) is 0 Å². The maximum absolute atomic E-state index is 12.1. The molecule has 1 aliphatic rings. The van der Waals surface area contributed by atoms with Crippen molar-refractivity contribution in [2.24, 2.45) is 7.05 Å². The SMILES string of the molecule is CN(C)C1CN(C(=O)c2cc(C#N)cn2C)C1. The minimum absolute atomic E-state index is 0.00657. The number of likely N-dealkylation sites (N-methyl/N-ethyl adjacent to an activating group) is 1. The number of aromatic nitrogens is 1. The Morgan fingerprint density at radius 2 is 2.18 bits per heavy atom. The van der Waals surface area contributed by atoms with Gasteiger partial charge in [0.05, 0.1) is 5.56 Å². The second-order valence-corrected chi connectivity index (χ2v) is 4.66. The van der Waals surface area contributed by atoms with Crippen molar-refractivity contribution in [2.75, 3.05) is 27.2 Å². The third-order valence-corrected chi connectivity index (χ3v) is 3.23. The van der Waals surface area contributed by atoms with Crippen molar-refractivity contribution in [3.05, 3.63) is 23.5 Å². The third-order valence-electron chi connectivity index (χ3n) is 3.23. The molecule has 0 N–H and O–H groups in total. The number of carbonyl (C=O) groups is 1. The van der Waals surface area contributed by atoms with Gasteiger partial charge in [-0.05, 0) is 20.2 Å². The molecule has 0 aromatic carbocycles. The van der Waals surface area contributed by atoms with E-state index in [-0.39, 0.29) is 5.91 Å². The molecule has 1 fully saturated rings. The van der Waals surface area contributed by atoms with Crippen LogP contribution in [0, 0.1) is 11.3 Å². The zero-order chi connectivity index (χ0) is 12.6. The predicted molar refractivity (Wildman–Crippen MR) is 63.5 cm³/mol. The fraction of sp³-hybridized carbons (Fsp3) is 0.500. The van der Waals surface area contributed by atoms with Gasteiger partial charge in [-0.15, -0.1) is 0 Å². The molecule has 2 rings (SSSR count). The standard InChI is InChI=1S/C12H16N4O/c1-14(2)10-7-16(8-10)12(17)11-4-9(5-13)6-15(11)3/h4,6,10H,7-8H2,1-3H3. The smallest absolute Gasteiger partial charge is 0.270 e. The second-order valence-electron chi connectivity index (χ2n) is 4.66. The minimum atomic E-state index is 0.00657. The Kier molecular flexibility index (Phi) is 2.90. The molecule has 5 nitrogen and oxygen atoms in total. The van der Waals surface area contributed by atoms with Crippen LogP contribution in [0.2, 0.25) is 0 Å². The molecular formula is C12H16N4O. The van der Waals surface area contributed by atoms with Gasteiger partial charge in [-0.2, -0.15) is 5.26 Å². The van der Waals surface area contributed by atoms with Crippen LogP contribution in [0.5, 0.6) is 0 Å². The first kappa shape index (κ1) is 11.7. The van der Waals surface area contributed by atoms with Crippen molar-refractivity contribution in [1.82, 2.24) is 14.4 Å². The Labute approximate surface area is 101 Å². The van der Waals surface area contributed by atoms with E-state index in [0.717, 1.165) is 13.1 Å². The molecule has 1 aromatic rings. The summed E-state index contributed by atoms with van der Waals surface area (Å²) in [5, 5.41) is 8.79. The Morgan fingerprint density at radius 3 is 2.65 bits per heavy atom. The van der Waals surface area contributed by atoms with Gasteiger partial charge in [-0.25, -0.2) is 0 Å². The lowest BCUT2D eigenvalue weighted by molar-refractivity contribution is 0.0390. The lowest BCUT2D eigenvalue weighted by Gasteiger charge is -2.42. The first-order valence-corrected chi connectivity index (χ1v) is 5.55. The van der Waals surface area contributed by atoms with Gasteiger partial charge in [-0.3, -0.25) is 4.79 Å². The van der Waals surface area contributed by atoms with Crippen molar-refractivity contribution >= 4 is 5.91 Å². The van der Waals surface area contributed by atoms with E-state index >= 15 is 0 Å². The number of hydrogen-bond donors (Lipinski definition) is 0. The number of aryl methyl sites for hydroxylation is 1. The topological polar surface area (TPSA) is 52.3 Å². The number of nitrogens with zero attached hydrogens (tertiary/aromatic N) is 4. The van der Waals surface area contributed by atoms with Gasteiger partial charge in [-0.1, -0.05) is 0 Å². The summed E-state index contributed by atoms with van der Waals surface area (Å²) < 4.78 is 1.71. The highest BCUT2D eigenvalue weighted by Gasteiger charge is 2.33. The fourth-order valence-electron chi connectivity index (χ4n) is 1.95. The predicted octanol–water partition coefficient (Wildman–Crippen LogP) is 0.283. The van der Waals surface area contributed by atoms with Crippen LogP contribution in [0.4, 0.5) is 0 Å². The number of likely N-dealkylation sites (tertiary alicyclic amines) is 1. The van der Waals surface area contributed by atoms with Gasteiger partial charge in [0.1, 0.15) is 11.8 Å². The van der Waals surface area contributed by atoms with Crippen molar-refractivity contribution in [1.29, 1.82) is 5.26 Å². The molecule has 1 amide bonds. The molecule has 17 heavy (non-hydrogen) atoms. The van der Waals surface area contributed by atoms with Gasteiger partial charge in [0.25, 0.3) is 5.91 Å². The van der Waals surface area contributed by atoms with Crippen molar-refractivity contribution < 1.29 is 4.79 Å². The molecule has 1 aromatic heterocycles. The summed E-state index contributed by atoms with van der Waals surface area (Å²) in [6.45, 7) is 1.53. The molecule has 0 bridgehead atoms. The number of amides is 1. The van der Waals surface area contributed by atoms with E-state index in [1.165, 1.54) is 0 Å². The lowest BCUT2D eigenvalue weighted by atomic mass is 10.1. The van der Waals surface area contributed by atoms with Crippen LogP contribution in [0.15, 0.2) is 12.3 Å². The van der Waals surface area contributed by atoms with Crippen molar-refractivity contribution in [3.8, 4) is 6.07 Å². The van der Waals surface area contributed by atoms with Crippen LogP contribution in [-0.2, 0) is 7.05 Å². The number of nitriles is 1. The molecule has 2 heterocycles. The number of rotatable bonds is 2. The van der Waals surface area contributed by atoms with E-state index in [9.17, 15) is 4.79 Å². The van der Waals surface area contributed by atoms with Crippen molar-refractivity contribution in [3.63, 3.8) is 0 Å². The van der Waals surface area contributed by atoms with E-state index in [1.807, 2.05) is 20.2 Å². The summed E-state index contributed by atoms with van der Waals surface area (Å²) in [6.07, 6.45) is 1.68. The van der Waals surface area contributed by atoms with Crippen LogP contribution >= 0.6 is 0 Å². The van der Waals surface area contributed by atoms with Gasteiger partial charge in [0, 0.05) is 32.4 Å². The van der Waals surface area contributed by atoms with Gasteiger partial charge in [0.15, 0.2) is 0 Å². The molecule has 0 atom stereocenters. The van der Waals surface area contributed by atoms with E-state index in [4.69, 9.17) is 5.26 Å². The van der Waals surface area contributed by atoms with Crippen LogP contribution in [0.25, 0.3) is 0 Å². The van der Waals surface area contributed by atoms with E-state index in [0.29, 0.717) is 17.3 Å². The van der Waals surface area contributed by atoms with E-state index in [2.05, 4.69) is 4.90 Å². The molecule has 90 valence electrons. The van der Waals surface area contributed by atoms with E-state index in [1.54, 1.807) is 28.8 Å². The molecule has 0 saturated carbocycles. The van der Waals surface area contributed by atoms with Gasteiger partial charge < -0.3 is 14.4 Å². The number of carbonyl (C=O) groups excluding carboxylic acids is 1. The Morgan fingerprint density at radius 1 is 1.53 bits per heavy atom. The Bertz CT molecular complexity index is 477. The normalized spacial score (nSPS) is 15.8. The summed E-state index contributed by atoms with van der Waals surface area (Å²) in [6, 6.07) is 4.14. The Hall–Kier alpha value is -1.80. The maximum atomic E-state index is 12.1. The molecule has 1 saturated heterocycles. The highest BCUT2D eigenvalue weighted by atomic mass is 16.2. The summed E-state index contributed by atoms with van der Waals surface area (Å²) in [7, 11) is 5.82. The highest BCUT2D eigenvalue weighted by Crippen LogP contribution is 2.17.